The summed E-state index contributed by atoms with van der Waals surface area (Å²) in [7, 11) is 1.62. The van der Waals surface area contributed by atoms with E-state index in [-0.39, 0.29) is 11.7 Å². The Morgan fingerprint density at radius 2 is 2.14 bits per heavy atom. The van der Waals surface area contributed by atoms with Gasteiger partial charge in [0, 0.05) is 22.9 Å². The van der Waals surface area contributed by atoms with Gasteiger partial charge in [0.15, 0.2) is 5.13 Å². The molecule has 0 fully saturated rings. The van der Waals surface area contributed by atoms with Crippen LogP contribution in [0.3, 0.4) is 0 Å². The Morgan fingerprint density at radius 3 is 2.81 bits per heavy atom. The van der Waals surface area contributed by atoms with Crippen LogP contribution >= 0.6 is 33.9 Å². The fourth-order valence-corrected chi connectivity index (χ4v) is 2.72. The number of carbonyl (C=O) groups is 1. The van der Waals surface area contributed by atoms with Crippen molar-refractivity contribution in [3.8, 4) is 0 Å². The highest BCUT2D eigenvalue weighted by Crippen LogP contribution is 2.25. The molecule has 1 amide bonds. The molecule has 1 heterocycles. The topological polar surface area (TPSA) is 89.3 Å². The second-order valence-corrected chi connectivity index (χ2v) is 6.36. The van der Waals surface area contributed by atoms with E-state index in [1.807, 2.05) is 24.3 Å². The van der Waals surface area contributed by atoms with E-state index >= 15 is 0 Å². The van der Waals surface area contributed by atoms with Gasteiger partial charge < -0.3 is 21.1 Å². The lowest BCUT2D eigenvalue weighted by molar-refractivity contribution is 0.103. The number of nitrogens with zero attached hydrogens (tertiary/aromatic N) is 1. The van der Waals surface area contributed by atoms with E-state index in [9.17, 15) is 4.79 Å². The Labute approximate surface area is 140 Å². The highest BCUT2D eigenvalue weighted by molar-refractivity contribution is 14.1. The van der Waals surface area contributed by atoms with Crippen LogP contribution in [0.5, 0.6) is 0 Å². The molecule has 6 nitrogen and oxygen atoms in total. The maximum Gasteiger partial charge on any atom is 0.269 e. The minimum absolute atomic E-state index is 0.225. The summed E-state index contributed by atoms with van der Waals surface area (Å²) in [6.45, 7) is 1.17. The largest absolute Gasteiger partial charge is 0.383 e. The molecule has 21 heavy (non-hydrogen) atoms. The van der Waals surface area contributed by atoms with Gasteiger partial charge >= 0.3 is 0 Å². The van der Waals surface area contributed by atoms with Crippen LogP contribution in [0, 0.1) is 3.57 Å². The lowest BCUT2D eigenvalue weighted by atomic mass is 10.3. The third-order valence-corrected chi connectivity index (χ3v) is 4.29. The van der Waals surface area contributed by atoms with Crippen LogP contribution in [0.2, 0.25) is 0 Å². The number of methoxy groups -OCH3 is 1. The predicted molar refractivity (Wildman–Crippen MR) is 94.0 cm³/mol. The Bertz CT molecular complexity index is 615. The molecule has 0 aliphatic heterocycles. The number of nitrogens with one attached hydrogen (secondary N) is 2. The summed E-state index contributed by atoms with van der Waals surface area (Å²) < 4.78 is 6.04. The maximum atomic E-state index is 12.2. The SMILES string of the molecule is COCCNc1nc(N)c(C(=O)Nc2ccc(I)cc2)s1. The molecule has 2 aromatic rings. The fourth-order valence-electron chi connectivity index (χ4n) is 1.55. The smallest absolute Gasteiger partial charge is 0.269 e. The number of amides is 1. The molecular weight excluding hydrogens is 403 g/mol. The summed E-state index contributed by atoms with van der Waals surface area (Å²) in [5.41, 5.74) is 6.51. The van der Waals surface area contributed by atoms with Crippen molar-refractivity contribution < 1.29 is 9.53 Å². The van der Waals surface area contributed by atoms with Crippen LogP contribution in [-0.4, -0.2) is 31.2 Å². The summed E-state index contributed by atoms with van der Waals surface area (Å²) in [5.74, 6) is -0.0334. The summed E-state index contributed by atoms with van der Waals surface area (Å²) in [6, 6.07) is 7.52. The van der Waals surface area contributed by atoms with Crippen molar-refractivity contribution in [1.29, 1.82) is 0 Å². The number of benzene rings is 1. The number of carbonyl (C=O) groups excluding carboxylic acids is 1. The van der Waals surface area contributed by atoms with Gasteiger partial charge in [-0.3, -0.25) is 4.79 Å². The van der Waals surface area contributed by atoms with Crippen molar-refractivity contribution in [2.75, 3.05) is 36.6 Å². The van der Waals surface area contributed by atoms with Gasteiger partial charge in [0.25, 0.3) is 5.91 Å². The molecule has 0 aliphatic carbocycles. The molecule has 2 rings (SSSR count). The second-order valence-electron chi connectivity index (χ2n) is 4.11. The Balaban J connectivity index is 2.03. The molecule has 0 spiro atoms. The van der Waals surface area contributed by atoms with Crippen molar-refractivity contribution in [2.45, 2.75) is 0 Å². The molecule has 1 aromatic carbocycles. The lowest BCUT2D eigenvalue weighted by Gasteiger charge is -2.03. The van der Waals surface area contributed by atoms with Crippen molar-refractivity contribution >= 4 is 56.5 Å². The minimum atomic E-state index is -0.258. The van der Waals surface area contributed by atoms with Crippen LogP contribution in [0.1, 0.15) is 9.67 Å². The van der Waals surface area contributed by atoms with Crippen LogP contribution in [0.4, 0.5) is 16.6 Å². The molecule has 0 saturated carbocycles. The number of anilines is 3. The standard InChI is InChI=1S/C13H15IN4O2S/c1-20-7-6-16-13-18-11(15)10(21-13)12(19)17-9-4-2-8(14)3-5-9/h2-5H,6-7,15H2,1H3,(H,16,18)(H,17,19). The Kier molecular flexibility index (Phi) is 5.76. The number of nitrogens with two attached hydrogens (primary N) is 1. The first-order valence-corrected chi connectivity index (χ1v) is 8.05. The first-order chi connectivity index (χ1) is 10.1. The predicted octanol–water partition coefficient (Wildman–Crippen LogP) is 2.64. The summed E-state index contributed by atoms with van der Waals surface area (Å²) in [5, 5.41) is 6.47. The Hall–Kier alpha value is -1.39. The first kappa shape index (κ1) is 16.0. The van der Waals surface area contributed by atoms with E-state index in [1.54, 1.807) is 7.11 Å². The number of thiazole rings is 1. The number of hydrogen-bond donors (Lipinski definition) is 3. The van der Waals surface area contributed by atoms with Gasteiger partial charge in [-0.1, -0.05) is 11.3 Å². The first-order valence-electron chi connectivity index (χ1n) is 6.16. The van der Waals surface area contributed by atoms with E-state index < -0.39 is 0 Å². The Morgan fingerprint density at radius 1 is 1.43 bits per heavy atom. The van der Waals surface area contributed by atoms with E-state index in [0.717, 1.165) is 9.26 Å². The molecule has 1 aromatic heterocycles. The maximum absolute atomic E-state index is 12.2. The number of aromatic nitrogens is 1. The average molecular weight is 418 g/mol. The van der Waals surface area contributed by atoms with Crippen molar-refractivity contribution in [2.24, 2.45) is 0 Å². The van der Waals surface area contributed by atoms with Gasteiger partial charge in [0.1, 0.15) is 10.7 Å². The quantitative estimate of drug-likeness (QED) is 0.496. The molecule has 8 heteroatoms. The van der Waals surface area contributed by atoms with Crippen molar-refractivity contribution in [3.05, 3.63) is 32.7 Å². The lowest BCUT2D eigenvalue weighted by Crippen LogP contribution is -2.12. The summed E-state index contributed by atoms with van der Waals surface area (Å²) >= 11 is 3.43. The summed E-state index contributed by atoms with van der Waals surface area (Å²) in [6.07, 6.45) is 0. The third-order valence-electron chi connectivity index (χ3n) is 2.54. The van der Waals surface area contributed by atoms with Crippen LogP contribution in [-0.2, 0) is 4.74 Å². The van der Waals surface area contributed by atoms with E-state index in [2.05, 4.69) is 38.2 Å². The second kappa shape index (κ2) is 7.57. The molecule has 0 bridgehead atoms. The van der Waals surface area contributed by atoms with Crippen LogP contribution < -0.4 is 16.4 Å². The average Bonchev–Trinajstić information content (AvgIpc) is 2.83. The van der Waals surface area contributed by atoms with Gasteiger partial charge in [-0.2, -0.15) is 0 Å². The number of halogens is 1. The molecule has 112 valence electrons. The molecular formula is C13H15IN4O2S. The van der Waals surface area contributed by atoms with Gasteiger partial charge in [0.05, 0.1) is 6.61 Å². The molecule has 0 radical (unpaired) electrons. The number of hydrogen-bond acceptors (Lipinski definition) is 6. The van der Waals surface area contributed by atoms with Crippen molar-refractivity contribution in [3.63, 3.8) is 0 Å². The monoisotopic (exact) mass is 418 g/mol. The third kappa shape index (κ3) is 4.55. The van der Waals surface area contributed by atoms with E-state index in [0.29, 0.717) is 23.2 Å². The minimum Gasteiger partial charge on any atom is -0.383 e. The highest BCUT2D eigenvalue weighted by Gasteiger charge is 2.16. The van der Waals surface area contributed by atoms with Crippen LogP contribution in [0.15, 0.2) is 24.3 Å². The molecule has 0 saturated heterocycles. The van der Waals surface area contributed by atoms with Gasteiger partial charge in [-0.25, -0.2) is 4.98 Å². The van der Waals surface area contributed by atoms with Crippen molar-refractivity contribution in [1.82, 2.24) is 4.98 Å². The van der Waals surface area contributed by atoms with Gasteiger partial charge in [-0.05, 0) is 46.9 Å². The van der Waals surface area contributed by atoms with Gasteiger partial charge in [-0.15, -0.1) is 0 Å². The summed E-state index contributed by atoms with van der Waals surface area (Å²) in [4.78, 5) is 16.7. The van der Waals surface area contributed by atoms with E-state index in [1.165, 1.54) is 11.3 Å². The fraction of sp³-hybridized carbons (Fsp3) is 0.231. The number of ether oxygens (including phenoxy) is 1. The van der Waals surface area contributed by atoms with Crippen LogP contribution in [0.25, 0.3) is 0 Å². The number of rotatable bonds is 6. The zero-order chi connectivity index (χ0) is 15.2. The zero-order valence-electron chi connectivity index (χ0n) is 11.4. The normalized spacial score (nSPS) is 10.4. The van der Waals surface area contributed by atoms with Gasteiger partial charge in [0.2, 0.25) is 0 Å². The molecule has 4 N–H and O–H groups in total. The molecule has 0 atom stereocenters. The molecule has 0 aliphatic rings. The zero-order valence-corrected chi connectivity index (χ0v) is 14.3. The highest BCUT2D eigenvalue weighted by atomic mass is 127. The number of nitrogen functional groups attached to an aromatic ring is 1. The molecule has 0 unspecified atom stereocenters. The van der Waals surface area contributed by atoms with E-state index in [4.69, 9.17) is 10.5 Å².